The highest BCUT2D eigenvalue weighted by Gasteiger charge is 2.39. The Labute approximate surface area is 121 Å². The quantitative estimate of drug-likeness (QED) is 0.912. The zero-order chi connectivity index (χ0) is 14.3. The summed E-state index contributed by atoms with van der Waals surface area (Å²) >= 11 is 3.32. The van der Waals surface area contributed by atoms with Crippen molar-refractivity contribution in [3.8, 4) is 0 Å². The van der Waals surface area contributed by atoms with Gasteiger partial charge in [0.05, 0.1) is 11.5 Å². The maximum absolute atomic E-state index is 13.8. The molecule has 1 aliphatic heterocycles. The van der Waals surface area contributed by atoms with E-state index in [9.17, 15) is 12.8 Å². The monoisotopic (exact) mass is 349 g/mol. The van der Waals surface area contributed by atoms with Crippen molar-refractivity contribution in [2.75, 3.05) is 11.5 Å². The highest BCUT2D eigenvalue weighted by Crippen LogP contribution is 2.28. The highest BCUT2D eigenvalue weighted by molar-refractivity contribution is 9.10. The van der Waals surface area contributed by atoms with Gasteiger partial charge in [-0.05, 0) is 38.5 Å². The van der Waals surface area contributed by atoms with E-state index in [2.05, 4.69) is 21.2 Å². The third kappa shape index (κ3) is 3.55. The fourth-order valence-electron chi connectivity index (χ4n) is 2.57. The lowest BCUT2D eigenvalue weighted by Gasteiger charge is -2.29. The first-order chi connectivity index (χ1) is 8.71. The van der Waals surface area contributed by atoms with E-state index < -0.39 is 15.4 Å². The Morgan fingerprint density at radius 2 is 2.16 bits per heavy atom. The van der Waals surface area contributed by atoms with E-state index in [0.717, 1.165) is 4.47 Å². The van der Waals surface area contributed by atoms with E-state index >= 15 is 0 Å². The second-order valence-electron chi connectivity index (χ2n) is 5.43. The summed E-state index contributed by atoms with van der Waals surface area (Å²) in [6, 6.07) is 4.54. The van der Waals surface area contributed by atoms with E-state index in [1.54, 1.807) is 12.1 Å². The lowest BCUT2D eigenvalue weighted by molar-refractivity contribution is 0.350. The molecule has 1 aliphatic rings. The van der Waals surface area contributed by atoms with Crippen LogP contribution in [0.3, 0.4) is 0 Å². The first kappa shape index (κ1) is 14.9. The number of hydrogen-bond donors (Lipinski definition) is 1. The van der Waals surface area contributed by atoms with Gasteiger partial charge >= 0.3 is 0 Å². The normalized spacial score (nSPS) is 27.4. The van der Waals surface area contributed by atoms with Gasteiger partial charge in [0.25, 0.3) is 0 Å². The van der Waals surface area contributed by atoms with Gasteiger partial charge in [0.2, 0.25) is 0 Å². The van der Waals surface area contributed by atoms with Gasteiger partial charge in [-0.15, -0.1) is 0 Å². The summed E-state index contributed by atoms with van der Waals surface area (Å²) in [7, 11) is -2.97. The molecule has 0 radical (unpaired) electrons. The molecule has 1 aromatic rings. The van der Waals surface area contributed by atoms with Crippen LogP contribution in [0.5, 0.6) is 0 Å². The summed E-state index contributed by atoms with van der Waals surface area (Å²) in [5.74, 6) is 0.0251. The molecule has 6 heteroatoms. The van der Waals surface area contributed by atoms with Crippen LogP contribution in [0.15, 0.2) is 22.7 Å². The summed E-state index contributed by atoms with van der Waals surface area (Å²) in [5, 5.41) is 3.26. The Hall–Kier alpha value is -0.460. The van der Waals surface area contributed by atoms with Crippen molar-refractivity contribution in [3.05, 3.63) is 34.1 Å². The predicted octanol–water partition coefficient (Wildman–Crippen LogP) is 2.82. The molecule has 1 aromatic carbocycles. The smallest absolute Gasteiger partial charge is 0.152 e. The molecule has 2 atom stereocenters. The Morgan fingerprint density at radius 1 is 1.47 bits per heavy atom. The Bertz CT molecular complexity index is 590. The minimum atomic E-state index is -2.97. The highest BCUT2D eigenvalue weighted by atomic mass is 79.9. The summed E-state index contributed by atoms with van der Waals surface area (Å²) in [6.07, 6.45) is 0.565. The molecular weight excluding hydrogens is 333 g/mol. The van der Waals surface area contributed by atoms with Gasteiger partial charge < -0.3 is 5.32 Å². The molecule has 0 bridgehead atoms. The molecule has 0 saturated carbocycles. The van der Waals surface area contributed by atoms with Gasteiger partial charge in [-0.1, -0.05) is 15.9 Å². The molecule has 1 fully saturated rings. The predicted molar refractivity (Wildman–Crippen MR) is 77.3 cm³/mol. The van der Waals surface area contributed by atoms with Crippen molar-refractivity contribution in [3.63, 3.8) is 0 Å². The number of hydrogen-bond acceptors (Lipinski definition) is 3. The van der Waals surface area contributed by atoms with Crippen LogP contribution in [-0.4, -0.2) is 25.5 Å². The summed E-state index contributed by atoms with van der Waals surface area (Å²) < 4.78 is 37.7. The van der Waals surface area contributed by atoms with Gasteiger partial charge in [-0.2, -0.15) is 0 Å². The second kappa shape index (κ2) is 5.14. The average molecular weight is 350 g/mol. The van der Waals surface area contributed by atoms with Crippen LogP contribution in [0, 0.1) is 5.82 Å². The van der Waals surface area contributed by atoms with Gasteiger partial charge in [-0.25, -0.2) is 12.8 Å². The molecule has 2 rings (SSSR count). The molecule has 3 nitrogen and oxygen atoms in total. The molecule has 19 heavy (non-hydrogen) atoms. The molecule has 0 spiro atoms. The van der Waals surface area contributed by atoms with Crippen LogP contribution in [0.25, 0.3) is 0 Å². The van der Waals surface area contributed by atoms with Crippen LogP contribution in [0.2, 0.25) is 0 Å². The number of benzene rings is 1. The number of halogens is 2. The van der Waals surface area contributed by atoms with Crippen molar-refractivity contribution in [1.82, 2.24) is 5.32 Å². The maximum Gasteiger partial charge on any atom is 0.152 e. The minimum absolute atomic E-state index is 0.111. The van der Waals surface area contributed by atoms with E-state index in [0.29, 0.717) is 12.0 Å². The van der Waals surface area contributed by atoms with Crippen LogP contribution in [0.1, 0.15) is 31.9 Å². The molecule has 0 amide bonds. The fraction of sp³-hybridized carbons (Fsp3) is 0.538. The lowest BCUT2D eigenvalue weighted by atomic mass is 9.98. The number of sulfone groups is 1. The van der Waals surface area contributed by atoms with Gasteiger partial charge in [-0.3, -0.25) is 0 Å². The standard InChI is InChI=1S/C13H17BrFNO2S/c1-9(11-7-10(14)3-4-12(11)15)16-13(2)5-6-19(17,18)8-13/h3-4,7,9,16H,5-6,8H2,1-2H3. The molecule has 106 valence electrons. The first-order valence-corrected chi connectivity index (χ1v) is 8.75. The summed E-state index contributed by atoms with van der Waals surface area (Å²) in [4.78, 5) is 0. The van der Waals surface area contributed by atoms with Crippen LogP contribution < -0.4 is 5.32 Å². The van der Waals surface area contributed by atoms with Crippen LogP contribution in [-0.2, 0) is 9.84 Å². The summed E-state index contributed by atoms with van der Waals surface area (Å²) in [6.45, 7) is 3.73. The Kier molecular flexibility index (Phi) is 4.05. The minimum Gasteiger partial charge on any atom is -0.304 e. The zero-order valence-corrected chi connectivity index (χ0v) is 13.3. The fourth-order valence-corrected chi connectivity index (χ4v) is 5.05. The van der Waals surface area contributed by atoms with Crippen molar-refractivity contribution in [2.45, 2.75) is 31.8 Å². The Morgan fingerprint density at radius 3 is 2.74 bits per heavy atom. The molecule has 1 N–H and O–H groups in total. The third-order valence-corrected chi connectivity index (χ3v) is 5.89. The number of rotatable bonds is 3. The molecule has 2 unspecified atom stereocenters. The van der Waals surface area contributed by atoms with Gasteiger partial charge in [0.1, 0.15) is 5.82 Å². The van der Waals surface area contributed by atoms with Crippen molar-refractivity contribution < 1.29 is 12.8 Å². The zero-order valence-electron chi connectivity index (χ0n) is 10.9. The van der Waals surface area contributed by atoms with Crippen molar-refractivity contribution in [2.24, 2.45) is 0 Å². The van der Waals surface area contributed by atoms with Crippen LogP contribution in [0.4, 0.5) is 4.39 Å². The largest absolute Gasteiger partial charge is 0.304 e. The second-order valence-corrected chi connectivity index (χ2v) is 8.53. The van der Waals surface area contributed by atoms with Gasteiger partial charge in [0, 0.05) is 21.6 Å². The van der Waals surface area contributed by atoms with E-state index in [-0.39, 0.29) is 23.4 Å². The third-order valence-electron chi connectivity index (χ3n) is 3.49. The topological polar surface area (TPSA) is 46.2 Å². The molecule has 1 heterocycles. The SMILES string of the molecule is CC(NC1(C)CCS(=O)(=O)C1)c1cc(Br)ccc1F. The molecule has 0 aromatic heterocycles. The van der Waals surface area contributed by atoms with Crippen molar-refractivity contribution in [1.29, 1.82) is 0 Å². The molecular formula is C13H17BrFNO2S. The van der Waals surface area contributed by atoms with Gasteiger partial charge in [0.15, 0.2) is 9.84 Å². The van der Waals surface area contributed by atoms with E-state index in [1.165, 1.54) is 6.07 Å². The molecule has 1 saturated heterocycles. The summed E-state index contributed by atoms with van der Waals surface area (Å²) in [5.41, 5.74) is 0.0624. The molecule has 0 aliphatic carbocycles. The van der Waals surface area contributed by atoms with E-state index in [4.69, 9.17) is 0 Å². The maximum atomic E-state index is 13.8. The lowest BCUT2D eigenvalue weighted by Crippen LogP contribution is -2.44. The number of nitrogens with one attached hydrogen (secondary N) is 1. The van der Waals surface area contributed by atoms with E-state index in [1.807, 2.05) is 13.8 Å². The van der Waals surface area contributed by atoms with Crippen molar-refractivity contribution >= 4 is 25.8 Å². The average Bonchev–Trinajstić information content (AvgIpc) is 2.56. The first-order valence-electron chi connectivity index (χ1n) is 6.14. The van der Waals surface area contributed by atoms with Crippen LogP contribution >= 0.6 is 15.9 Å². The Balaban J connectivity index is 2.17.